The molecule has 72 heavy (non-hydrogen) atoms. The van der Waals surface area contributed by atoms with E-state index in [0.29, 0.717) is 41.5 Å². The predicted octanol–water partition coefficient (Wildman–Crippen LogP) is 2.90. The van der Waals surface area contributed by atoms with E-state index in [0.717, 1.165) is 16.7 Å². The fraction of sp³-hybridized carbons (Fsp3) is 0.353. The van der Waals surface area contributed by atoms with Crippen molar-refractivity contribution in [1.82, 2.24) is 20.0 Å². The second-order valence-corrected chi connectivity index (χ2v) is 19.0. The summed E-state index contributed by atoms with van der Waals surface area (Å²) in [5, 5.41) is 22.6. The van der Waals surface area contributed by atoms with Gasteiger partial charge in [-0.05, 0) is 79.8 Å². The van der Waals surface area contributed by atoms with E-state index >= 15 is 0 Å². The number of carboxylic acid groups (broad SMARTS) is 1. The lowest BCUT2D eigenvalue weighted by Gasteiger charge is -2.33. The van der Waals surface area contributed by atoms with E-state index in [-0.39, 0.29) is 83.6 Å². The number of primary amides is 1. The van der Waals surface area contributed by atoms with Crippen LogP contribution in [0.25, 0.3) is 33.4 Å². The van der Waals surface area contributed by atoms with Crippen molar-refractivity contribution in [2.75, 3.05) is 56.5 Å². The number of carboxylic acids is 1. The van der Waals surface area contributed by atoms with Crippen LogP contribution in [0.5, 0.6) is 5.75 Å². The van der Waals surface area contributed by atoms with Crippen molar-refractivity contribution in [2.24, 2.45) is 23.1 Å². The Kier molecular flexibility index (Phi) is 17.9. The smallest absolute Gasteiger partial charge is 0.336 e. The van der Waals surface area contributed by atoms with Crippen LogP contribution >= 0.6 is 11.8 Å². The van der Waals surface area contributed by atoms with Crippen LogP contribution in [0.15, 0.2) is 94.1 Å². The summed E-state index contributed by atoms with van der Waals surface area (Å²) in [6, 6.07) is 19.0. The molecule has 0 bridgehead atoms. The standard InChI is InChI=1S/C51H58N8O12S/c1-29(2)24-57(45(64)23-53)26-46(65)56(18-8-7-17-52)27-47(66)58(30(3)31-9-5-4-6-10-31)25-43(62)55-39(49(54)67)28-72-42-22-44(63)59(50(42)68)32-11-14-35(38(19-32)51(69)70)48-36-15-12-33(60)20-40(36)71-41-21-34(61)13-16-37(41)48/h4-6,9-16,19-21,29-30,39,42,60H,7-8,17-18,22-28,52-53H2,1-3H3,(H2,54,67)(H,55,62)(H,69,70)/t30-,39?,42?/m1/s1. The lowest BCUT2D eigenvalue weighted by molar-refractivity contribution is -0.146. The maximum Gasteiger partial charge on any atom is 0.336 e. The molecule has 1 aliphatic carbocycles. The highest BCUT2D eigenvalue weighted by molar-refractivity contribution is 8.00. The number of nitrogens with zero attached hydrogens (tertiary/aromatic N) is 4. The highest BCUT2D eigenvalue weighted by Gasteiger charge is 2.41. The van der Waals surface area contributed by atoms with Gasteiger partial charge < -0.3 is 51.8 Å². The minimum Gasteiger partial charge on any atom is -0.508 e. The van der Waals surface area contributed by atoms with Crippen LogP contribution in [0.1, 0.15) is 62.0 Å². The third-order valence-corrected chi connectivity index (χ3v) is 13.4. The van der Waals surface area contributed by atoms with Gasteiger partial charge in [-0.25, -0.2) is 9.69 Å². The topological polar surface area (TPSA) is 310 Å². The van der Waals surface area contributed by atoms with E-state index in [2.05, 4.69) is 5.32 Å². The summed E-state index contributed by atoms with van der Waals surface area (Å²) in [5.41, 5.74) is 18.2. The molecule has 1 saturated heterocycles. The van der Waals surface area contributed by atoms with Gasteiger partial charge in [-0.15, -0.1) is 11.8 Å². The fourth-order valence-corrected chi connectivity index (χ4v) is 9.64. The van der Waals surface area contributed by atoms with Gasteiger partial charge in [-0.1, -0.05) is 50.2 Å². The molecule has 2 aliphatic heterocycles. The zero-order valence-electron chi connectivity index (χ0n) is 40.1. The maximum atomic E-state index is 14.3. The van der Waals surface area contributed by atoms with Crippen LogP contribution < -0.4 is 32.8 Å². The largest absolute Gasteiger partial charge is 0.508 e. The number of phenolic OH excluding ortho intramolecular Hbond substituents is 1. The second kappa shape index (κ2) is 24.0. The summed E-state index contributed by atoms with van der Waals surface area (Å²) in [7, 11) is 0. The normalized spacial score (nSPS) is 14.4. The van der Waals surface area contributed by atoms with E-state index in [4.69, 9.17) is 21.6 Å². The Morgan fingerprint density at radius 1 is 0.833 bits per heavy atom. The average Bonchev–Trinajstić information content (AvgIpc) is 3.63. The quantitative estimate of drug-likeness (QED) is 0.0311. The van der Waals surface area contributed by atoms with Crippen molar-refractivity contribution in [3.63, 3.8) is 0 Å². The Hall–Kier alpha value is -7.62. The zero-order valence-corrected chi connectivity index (χ0v) is 40.9. The first-order valence-electron chi connectivity index (χ1n) is 23.3. The summed E-state index contributed by atoms with van der Waals surface area (Å²) in [5.74, 6) is -6.31. The first-order chi connectivity index (χ1) is 34.3. The molecule has 21 heteroatoms. The molecule has 380 valence electrons. The van der Waals surface area contributed by atoms with Crippen molar-refractivity contribution in [3.05, 3.63) is 106 Å². The van der Waals surface area contributed by atoms with Gasteiger partial charge in [0, 0.05) is 53.9 Å². The summed E-state index contributed by atoms with van der Waals surface area (Å²) < 4.78 is 5.90. The number of fused-ring (bicyclic) bond motifs is 2. The molecule has 0 spiro atoms. The predicted molar refractivity (Wildman–Crippen MR) is 270 cm³/mol. The van der Waals surface area contributed by atoms with Gasteiger partial charge in [-0.3, -0.25) is 38.4 Å². The third-order valence-electron chi connectivity index (χ3n) is 12.1. The van der Waals surface area contributed by atoms with Crippen molar-refractivity contribution < 1.29 is 53.0 Å². The number of amides is 7. The molecule has 0 saturated carbocycles. The fourth-order valence-electron chi connectivity index (χ4n) is 8.46. The van der Waals surface area contributed by atoms with Crippen LogP contribution in [0.2, 0.25) is 0 Å². The Morgan fingerprint density at radius 2 is 1.54 bits per heavy atom. The van der Waals surface area contributed by atoms with Gasteiger partial charge in [0.15, 0.2) is 5.43 Å². The number of phenols is 1. The molecule has 2 heterocycles. The number of hydrogen-bond donors (Lipinski definition) is 6. The molecule has 1 fully saturated rings. The number of carbonyl (C=O) groups excluding carboxylic acids is 7. The summed E-state index contributed by atoms with van der Waals surface area (Å²) in [4.78, 5) is 125. The number of imide groups is 1. The van der Waals surface area contributed by atoms with Crippen LogP contribution in [-0.2, 0) is 33.6 Å². The van der Waals surface area contributed by atoms with Crippen molar-refractivity contribution in [2.45, 2.75) is 57.4 Å². The summed E-state index contributed by atoms with van der Waals surface area (Å²) in [6.45, 7) is 4.55. The number of nitrogens with two attached hydrogens (primary N) is 3. The Balaban J connectivity index is 1.18. The SMILES string of the molecule is CC(C)CN(CC(=O)N(CCCCN)CC(=O)N(CC(=O)NC(CSC1CC(=O)N(c2ccc(-c3c4ccc(=O)cc-4oc4cc(O)ccc34)c(C(=O)O)c2)C1=O)C(N)=O)[C@H](C)c1ccccc1)C(=O)CN. The molecule has 3 aromatic carbocycles. The van der Waals surface area contributed by atoms with Gasteiger partial charge in [0.05, 0.1) is 42.2 Å². The number of nitrogens with one attached hydrogen (secondary N) is 1. The highest BCUT2D eigenvalue weighted by atomic mass is 32.2. The Morgan fingerprint density at radius 3 is 2.21 bits per heavy atom. The van der Waals surface area contributed by atoms with Crippen LogP contribution in [-0.4, -0.2) is 135 Å². The van der Waals surface area contributed by atoms with Gasteiger partial charge in [0.2, 0.25) is 41.4 Å². The number of carbonyl (C=O) groups is 8. The monoisotopic (exact) mass is 1010 g/mol. The van der Waals surface area contributed by atoms with Gasteiger partial charge in [-0.2, -0.15) is 0 Å². The Labute approximate surface area is 418 Å². The maximum absolute atomic E-state index is 14.3. The van der Waals surface area contributed by atoms with Crippen molar-refractivity contribution in [1.29, 1.82) is 0 Å². The zero-order chi connectivity index (χ0) is 52.4. The summed E-state index contributed by atoms with van der Waals surface area (Å²) >= 11 is 0.880. The lowest BCUT2D eigenvalue weighted by atomic mass is 9.90. The average molecular weight is 1010 g/mol. The van der Waals surface area contributed by atoms with Crippen LogP contribution in [0.3, 0.4) is 0 Å². The summed E-state index contributed by atoms with van der Waals surface area (Å²) in [6.07, 6.45) is 0.670. The molecule has 3 aromatic rings. The molecule has 3 aliphatic rings. The number of thioether (sulfide) groups is 1. The van der Waals surface area contributed by atoms with E-state index in [9.17, 15) is 53.4 Å². The lowest BCUT2D eigenvalue weighted by Crippen LogP contribution is -2.53. The molecule has 0 aromatic heterocycles. The molecule has 20 nitrogen and oxygen atoms in total. The molecule has 3 atom stereocenters. The number of anilines is 1. The molecular formula is C51H58N8O12S. The minimum atomic E-state index is -1.39. The number of rotatable bonds is 23. The number of aromatic carboxylic acids is 1. The van der Waals surface area contributed by atoms with Crippen LogP contribution in [0, 0.1) is 5.92 Å². The molecule has 2 unspecified atom stereocenters. The van der Waals surface area contributed by atoms with Gasteiger partial charge in [0.1, 0.15) is 29.7 Å². The molecule has 0 radical (unpaired) electrons. The van der Waals surface area contributed by atoms with E-state index < -0.39 is 77.7 Å². The van der Waals surface area contributed by atoms with Gasteiger partial charge in [0.25, 0.3) is 0 Å². The minimum absolute atomic E-state index is 0.0236. The molecule has 6 rings (SSSR count). The number of benzene rings is 4. The van der Waals surface area contributed by atoms with E-state index in [1.807, 2.05) is 13.8 Å². The van der Waals surface area contributed by atoms with Crippen molar-refractivity contribution in [3.8, 4) is 28.2 Å². The first-order valence-corrected chi connectivity index (χ1v) is 24.3. The third kappa shape index (κ3) is 12.8. The molecule has 9 N–H and O–H groups in total. The second-order valence-electron chi connectivity index (χ2n) is 17.8. The number of unbranched alkanes of at least 4 members (excludes halogenated alkanes) is 1. The van der Waals surface area contributed by atoms with Gasteiger partial charge >= 0.3 is 5.97 Å². The molecular weight excluding hydrogens is 949 g/mol. The van der Waals surface area contributed by atoms with E-state index in [1.165, 1.54) is 69.3 Å². The number of aromatic hydroxyl groups is 1. The first kappa shape index (κ1) is 53.7. The van der Waals surface area contributed by atoms with Crippen LogP contribution in [0.4, 0.5) is 5.69 Å². The number of hydrogen-bond acceptors (Lipinski definition) is 14. The van der Waals surface area contributed by atoms with Crippen molar-refractivity contribution >= 4 is 75.7 Å². The van der Waals surface area contributed by atoms with E-state index in [1.54, 1.807) is 37.3 Å². The highest BCUT2D eigenvalue weighted by Crippen LogP contribution is 2.43. The molecule has 7 amide bonds. The Bertz CT molecular complexity index is 2890.